The van der Waals surface area contributed by atoms with E-state index in [4.69, 9.17) is 4.74 Å². The second kappa shape index (κ2) is 8.48. The third-order valence-corrected chi connectivity index (χ3v) is 5.56. The molecule has 1 amide bonds. The highest BCUT2D eigenvalue weighted by Gasteiger charge is 2.21. The summed E-state index contributed by atoms with van der Waals surface area (Å²) in [5.74, 6) is 1.16. The Morgan fingerprint density at radius 3 is 2.67 bits per heavy atom. The zero-order valence-corrected chi connectivity index (χ0v) is 15.1. The molecule has 0 radical (unpaired) electrons. The first-order chi connectivity index (χ1) is 11.4. The van der Waals surface area contributed by atoms with Gasteiger partial charge in [0.2, 0.25) is 15.9 Å². The van der Waals surface area contributed by atoms with Crippen LogP contribution in [-0.2, 0) is 14.8 Å². The van der Waals surface area contributed by atoms with Crippen LogP contribution in [0.5, 0.6) is 5.75 Å². The molecule has 1 heterocycles. The lowest BCUT2D eigenvalue weighted by Crippen LogP contribution is -2.40. The van der Waals surface area contributed by atoms with Crippen LogP contribution in [-0.4, -0.2) is 45.5 Å². The minimum absolute atomic E-state index is 0.0101. The molecule has 1 aliphatic rings. The lowest BCUT2D eigenvalue weighted by molar-refractivity contribution is -0.132. The molecule has 0 saturated carbocycles. The Morgan fingerprint density at radius 1 is 1.33 bits per heavy atom. The van der Waals surface area contributed by atoms with E-state index >= 15 is 0 Å². The first-order valence-electron chi connectivity index (χ1n) is 8.42. The first kappa shape index (κ1) is 18.7. The highest BCUT2D eigenvalue weighted by molar-refractivity contribution is 7.89. The minimum atomic E-state index is -3.61. The molecular formula is C17H26N2O4S. The van der Waals surface area contributed by atoms with Crippen LogP contribution in [0.1, 0.15) is 33.1 Å². The Labute approximate surface area is 144 Å². The maximum absolute atomic E-state index is 12.2. The van der Waals surface area contributed by atoms with E-state index in [1.807, 2.05) is 11.8 Å². The number of amides is 1. The van der Waals surface area contributed by atoms with Crippen LogP contribution in [0.4, 0.5) is 0 Å². The van der Waals surface area contributed by atoms with Crippen molar-refractivity contribution in [2.24, 2.45) is 5.92 Å². The van der Waals surface area contributed by atoms with E-state index in [1.54, 1.807) is 12.1 Å². The fourth-order valence-corrected chi connectivity index (χ4v) is 3.86. The van der Waals surface area contributed by atoms with Crippen LogP contribution >= 0.6 is 0 Å². The number of sulfonamides is 1. The first-order valence-corrected chi connectivity index (χ1v) is 9.91. The van der Waals surface area contributed by atoms with Crippen LogP contribution in [0.2, 0.25) is 0 Å². The van der Waals surface area contributed by atoms with Gasteiger partial charge in [-0.3, -0.25) is 4.79 Å². The van der Waals surface area contributed by atoms with E-state index < -0.39 is 10.0 Å². The van der Waals surface area contributed by atoms with Crippen molar-refractivity contribution < 1.29 is 17.9 Å². The number of hydrogen-bond donors (Lipinski definition) is 1. The zero-order valence-electron chi connectivity index (χ0n) is 14.3. The summed E-state index contributed by atoms with van der Waals surface area (Å²) in [5.41, 5.74) is 0. The molecule has 1 fully saturated rings. The van der Waals surface area contributed by atoms with Gasteiger partial charge in [-0.25, -0.2) is 13.1 Å². The molecule has 7 heteroatoms. The summed E-state index contributed by atoms with van der Waals surface area (Å²) in [7, 11) is -3.61. The minimum Gasteiger partial charge on any atom is -0.494 e. The van der Waals surface area contributed by atoms with Crippen LogP contribution in [0, 0.1) is 5.92 Å². The maximum atomic E-state index is 12.2. The summed E-state index contributed by atoms with van der Waals surface area (Å²) in [4.78, 5) is 14.2. The zero-order chi connectivity index (χ0) is 17.6. The van der Waals surface area contributed by atoms with Crippen molar-refractivity contribution in [2.75, 3.05) is 26.2 Å². The molecule has 0 aliphatic carbocycles. The predicted octanol–water partition coefficient (Wildman–Crippen LogP) is 2.01. The highest BCUT2D eigenvalue weighted by atomic mass is 32.2. The van der Waals surface area contributed by atoms with Gasteiger partial charge in [0.05, 0.1) is 11.5 Å². The molecule has 1 aromatic rings. The van der Waals surface area contributed by atoms with Gasteiger partial charge in [0.25, 0.3) is 0 Å². The molecule has 1 aromatic carbocycles. The van der Waals surface area contributed by atoms with Crippen LogP contribution in [0.15, 0.2) is 29.2 Å². The number of carbonyl (C=O) groups excluding carboxylic acids is 1. The Kier molecular flexibility index (Phi) is 6.62. The van der Waals surface area contributed by atoms with Gasteiger partial charge in [-0.2, -0.15) is 0 Å². The number of carbonyl (C=O) groups is 1. The molecule has 24 heavy (non-hydrogen) atoms. The summed E-state index contributed by atoms with van der Waals surface area (Å²) in [6, 6.07) is 6.25. The number of nitrogens with one attached hydrogen (secondary N) is 1. The molecule has 0 spiro atoms. The largest absolute Gasteiger partial charge is 0.494 e. The maximum Gasteiger partial charge on any atom is 0.240 e. The molecule has 2 rings (SSSR count). The summed E-state index contributed by atoms with van der Waals surface area (Å²) in [6.45, 7) is 6.18. The predicted molar refractivity (Wildman–Crippen MR) is 92.4 cm³/mol. The monoisotopic (exact) mass is 354 g/mol. The molecule has 0 unspecified atom stereocenters. The summed E-state index contributed by atoms with van der Waals surface area (Å²) >= 11 is 0. The summed E-state index contributed by atoms with van der Waals surface area (Å²) in [5, 5.41) is 0. The molecule has 1 saturated heterocycles. The van der Waals surface area contributed by atoms with E-state index in [-0.39, 0.29) is 23.8 Å². The van der Waals surface area contributed by atoms with Gasteiger partial charge in [0, 0.05) is 26.1 Å². The normalized spacial score (nSPS) is 18.4. The van der Waals surface area contributed by atoms with Crippen molar-refractivity contribution in [3.63, 3.8) is 0 Å². The summed E-state index contributed by atoms with van der Waals surface area (Å²) < 4.78 is 32.3. The van der Waals surface area contributed by atoms with E-state index in [1.165, 1.54) is 12.1 Å². The van der Waals surface area contributed by atoms with Gasteiger partial charge in [-0.05, 0) is 49.9 Å². The lowest BCUT2D eigenvalue weighted by atomic mass is 10.0. The Balaban J connectivity index is 1.84. The Hall–Kier alpha value is -1.60. The van der Waals surface area contributed by atoms with E-state index in [9.17, 15) is 13.2 Å². The number of piperidine rings is 1. The second-order valence-corrected chi connectivity index (χ2v) is 7.91. The number of hydrogen-bond acceptors (Lipinski definition) is 4. The van der Waals surface area contributed by atoms with Gasteiger partial charge in [-0.1, -0.05) is 6.92 Å². The smallest absolute Gasteiger partial charge is 0.240 e. The quantitative estimate of drug-likeness (QED) is 0.813. The van der Waals surface area contributed by atoms with Crippen LogP contribution < -0.4 is 9.46 Å². The molecule has 0 aromatic heterocycles. The number of nitrogens with zero attached hydrogens (tertiary/aromatic N) is 1. The van der Waals surface area contributed by atoms with Crippen molar-refractivity contribution in [1.29, 1.82) is 0 Å². The molecule has 6 nitrogen and oxygen atoms in total. The summed E-state index contributed by atoms with van der Waals surface area (Å²) in [6.07, 6.45) is 2.35. The Morgan fingerprint density at radius 2 is 2.04 bits per heavy atom. The third kappa shape index (κ3) is 5.21. The SMILES string of the molecule is CCOc1ccc(S(=O)(=O)NCCC(=O)N2CCC[C@H](C)C2)cc1. The van der Waals surface area contributed by atoms with E-state index in [0.29, 0.717) is 18.3 Å². The van der Waals surface area contributed by atoms with Gasteiger partial charge in [0.1, 0.15) is 5.75 Å². The molecule has 1 N–H and O–H groups in total. The van der Waals surface area contributed by atoms with Crippen LogP contribution in [0.3, 0.4) is 0 Å². The van der Waals surface area contributed by atoms with Crippen molar-refractivity contribution in [3.05, 3.63) is 24.3 Å². The van der Waals surface area contributed by atoms with Crippen molar-refractivity contribution >= 4 is 15.9 Å². The number of likely N-dealkylation sites (tertiary alicyclic amines) is 1. The molecular weight excluding hydrogens is 328 g/mol. The fourth-order valence-electron chi connectivity index (χ4n) is 2.83. The second-order valence-electron chi connectivity index (χ2n) is 6.14. The van der Waals surface area contributed by atoms with Gasteiger partial charge >= 0.3 is 0 Å². The molecule has 134 valence electrons. The Bertz CT molecular complexity index is 643. The average Bonchev–Trinajstić information content (AvgIpc) is 2.55. The number of rotatable bonds is 7. The van der Waals surface area contributed by atoms with Crippen LogP contribution in [0.25, 0.3) is 0 Å². The topological polar surface area (TPSA) is 75.7 Å². The van der Waals surface area contributed by atoms with Gasteiger partial charge in [-0.15, -0.1) is 0 Å². The van der Waals surface area contributed by atoms with E-state index in [2.05, 4.69) is 11.6 Å². The molecule has 1 atom stereocenters. The highest BCUT2D eigenvalue weighted by Crippen LogP contribution is 2.17. The number of benzene rings is 1. The number of ether oxygens (including phenoxy) is 1. The average molecular weight is 354 g/mol. The van der Waals surface area contributed by atoms with Gasteiger partial charge < -0.3 is 9.64 Å². The van der Waals surface area contributed by atoms with E-state index in [0.717, 1.165) is 25.9 Å². The lowest BCUT2D eigenvalue weighted by Gasteiger charge is -2.31. The third-order valence-electron chi connectivity index (χ3n) is 4.09. The molecule has 1 aliphatic heterocycles. The van der Waals surface area contributed by atoms with Crippen molar-refractivity contribution in [3.8, 4) is 5.75 Å². The van der Waals surface area contributed by atoms with Gasteiger partial charge in [0.15, 0.2) is 0 Å². The molecule has 0 bridgehead atoms. The fraction of sp³-hybridized carbons (Fsp3) is 0.588. The standard InChI is InChI=1S/C17H26N2O4S/c1-3-23-15-6-8-16(9-7-15)24(21,22)18-11-10-17(20)19-12-4-5-14(2)13-19/h6-9,14,18H,3-5,10-13H2,1-2H3/t14-/m0/s1. The van der Waals surface area contributed by atoms with Crippen molar-refractivity contribution in [1.82, 2.24) is 9.62 Å². The van der Waals surface area contributed by atoms with Crippen molar-refractivity contribution in [2.45, 2.75) is 38.0 Å².